The summed E-state index contributed by atoms with van der Waals surface area (Å²) in [6.07, 6.45) is 0. The summed E-state index contributed by atoms with van der Waals surface area (Å²) < 4.78 is 0. The van der Waals surface area contributed by atoms with Crippen LogP contribution in [0.25, 0.3) is 32.7 Å². The Morgan fingerprint density at radius 3 is 1.42 bits per heavy atom. The average Bonchev–Trinajstić information content (AvgIpc) is 2.66. The Hall–Kier alpha value is -2.68. The standard InChI is InChI=1S/C22H20N2/c23-13-19-5-1-3-15-7-9-17(11-21(15)19)18-10-8-16-4-2-6-20(14-24)22(16)12-18/h1-12H,13-14,23-24H2. The molecule has 2 heteroatoms. The first kappa shape index (κ1) is 14.9. The van der Waals surface area contributed by atoms with Crippen molar-refractivity contribution >= 4 is 21.5 Å². The van der Waals surface area contributed by atoms with Gasteiger partial charge in [-0.25, -0.2) is 0 Å². The largest absolute Gasteiger partial charge is 0.326 e. The molecule has 4 aromatic rings. The Balaban J connectivity index is 1.92. The SMILES string of the molecule is NCc1cccc2ccc(-c3ccc4cccc(CN)c4c3)cc12. The van der Waals surface area contributed by atoms with Crippen LogP contribution in [0.15, 0.2) is 72.8 Å². The first-order chi connectivity index (χ1) is 11.8. The number of nitrogens with two attached hydrogens (primary N) is 2. The highest BCUT2D eigenvalue weighted by molar-refractivity contribution is 5.93. The van der Waals surface area contributed by atoms with Crippen LogP contribution in [0.1, 0.15) is 11.1 Å². The molecular weight excluding hydrogens is 292 g/mol. The van der Waals surface area contributed by atoms with Crippen LogP contribution in [0, 0.1) is 0 Å². The zero-order chi connectivity index (χ0) is 16.5. The molecule has 24 heavy (non-hydrogen) atoms. The highest BCUT2D eigenvalue weighted by atomic mass is 14.5. The van der Waals surface area contributed by atoms with Gasteiger partial charge in [0, 0.05) is 13.1 Å². The lowest BCUT2D eigenvalue weighted by Gasteiger charge is -2.10. The van der Waals surface area contributed by atoms with Gasteiger partial charge >= 0.3 is 0 Å². The molecule has 0 atom stereocenters. The van der Waals surface area contributed by atoms with Gasteiger partial charge in [0.2, 0.25) is 0 Å². The predicted octanol–water partition coefficient (Wildman–Crippen LogP) is 4.58. The van der Waals surface area contributed by atoms with Crippen molar-refractivity contribution in [1.29, 1.82) is 0 Å². The number of rotatable bonds is 3. The molecule has 0 aliphatic heterocycles. The predicted molar refractivity (Wildman–Crippen MR) is 103 cm³/mol. The van der Waals surface area contributed by atoms with Crippen LogP contribution < -0.4 is 11.5 Å². The molecule has 4 aromatic carbocycles. The van der Waals surface area contributed by atoms with E-state index < -0.39 is 0 Å². The van der Waals surface area contributed by atoms with E-state index in [1.165, 1.54) is 43.8 Å². The summed E-state index contributed by atoms with van der Waals surface area (Å²) in [5.74, 6) is 0. The molecule has 0 aliphatic carbocycles. The third kappa shape index (κ3) is 2.46. The van der Waals surface area contributed by atoms with Crippen LogP contribution >= 0.6 is 0 Å². The Kier molecular flexibility index (Phi) is 3.77. The van der Waals surface area contributed by atoms with E-state index in [-0.39, 0.29) is 0 Å². The van der Waals surface area contributed by atoms with E-state index in [9.17, 15) is 0 Å². The minimum absolute atomic E-state index is 0.551. The molecule has 0 aromatic heterocycles. The van der Waals surface area contributed by atoms with Crippen molar-refractivity contribution in [1.82, 2.24) is 0 Å². The molecule has 4 rings (SSSR count). The fourth-order valence-corrected chi connectivity index (χ4v) is 3.39. The summed E-state index contributed by atoms with van der Waals surface area (Å²) >= 11 is 0. The second-order valence-corrected chi connectivity index (χ2v) is 6.11. The average molecular weight is 312 g/mol. The van der Waals surface area contributed by atoms with Crippen LogP contribution in [0.2, 0.25) is 0 Å². The summed E-state index contributed by atoms with van der Waals surface area (Å²) in [4.78, 5) is 0. The van der Waals surface area contributed by atoms with Gasteiger partial charge in [-0.2, -0.15) is 0 Å². The quantitative estimate of drug-likeness (QED) is 0.582. The van der Waals surface area contributed by atoms with Gasteiger partial charge in [0.1, 0.15) is 0 Å². The van der Waals surface area contributed by atoms with Gasteiger partial charge in [-0.3, -0.25) is 0 Å². The zero-order valence-corrected chi connectivity index (χ0v) is 13.5. The van der Waals surface area contributed by atoms with Gasteiger partial charge < -0.3 is 11.5 Å². The van der Waals surface area contributed by atoms with E-state index >= 15 is 0 Å². The van der Waals surface area contributed by atoms with Gasteiger partial charge in [0.05, 0.1) is 0 Å². The first-order valence-electron chi connectivity index (χ1n) is 8.24. The number of hydrogen-bond donors (Lipinski definition) is 2. The smallest absolute Gasteiger partial charge is 0.0184 e. The summed E-state index contributed by atoms with van der Waals surface area (Å²) in [6, 6.07) is 25.7. The summed E-state index contributed by atoms with van der Waals surface area (Å²) in [5.41, 5.74) is 16.6. The monoisotopic (exact) mass is 312 g/mol. The maximum Gasteiger partial charge on any atom is 0.0184 e. The molecule has 0 unspecified atom stereocenters. The van der Waals surface area contributed by atoms with Gasteiger partial charge in [0.25, 0.3) is 0 Å². The Morgan fingerprint density at radius 1 is 0.542 bits per heavy atom. The lowest BCUT2D eigenvalue weighted by Crippen LogP contribution is -1.97. The van der Waals surface area contributed by atoms with Gasteiger partial charge in [-0.05, 0) is 55.9 Å². The maximum absolute atomic E-state index is 5.90. The van der Waals surface area contributed by atoms with E-state index in [0.29, 0.717) is 13.1 Å². The van der Waals surface area contributed by atoms with Crippen molar-refractivity contribution in [2.24, 2.45) is 11.5 Å². The maximum atomic E-state index is 5.90. The lowest BCUT2D eigenvalue weighted by molar-refractivity contribution is 1.09. The van der Waals surface area contributed by atoms with Crippen molar-refractivity contribution in [2.45, 2.75) is 13.1 Å². The third-order valence-electron chi connectivity index (χ3n) is 4.72. The first-order valence-corrected chi connectivity index (χ1v) is 8.24. The Bertz CT molecular complexity index is 949. The molecular formula is C22H20N2. The molecule has 0 aliphatic rings. The zero-order valence-electron chi connectivity index (χ0n) is 13.5. The molecule has 0 saturated heterocycles. The summed E-state index contributed by atoms with van der Waals surface area (Å²) in [5, 5.41) is 4.91. The summed E-state index contributed by atoms with van der Waals surface area (Å²) in [7, 11) is 0. The van der Waals surface area contributed by atoms with E-state index in [2.05, 4.69) is 72.8 Å². The number of fused-ring (bicyclic) bond motifs is 2. The van der Waals surface area contributed by atoms with Crippen LogP contribution in [-0.2, 0) is 13.1 Å². The molecule has 0 amide bonds. The van der Waals surface area contributed by atoms with Crippen LogP contribution in [0.3, 0.4) is 0 Å². The highest BCUT2D eigenvalue weighted by Gasteiger charge is 2.06. The van der Waals surface area contributed by atoms with E-state index in [0.717, 1.165) is 0 Å². The van der Waals surface area contributed by atoms with Crippen molar-refractivity contribution in [2.75, 3.05) is 0 Å². The molecule has 0 bridgehead atoms. The van der Waals surface area contributed by atoms with Crippen molar-refractivity contribution in [3.05, 3.63) is 83.9 Å². The second kappa shape index (κ2) is 6.08. The normalized spacial score (nSPS) is 11.2. The molecule has 0 heterocycles. The topological polar surface area (TPSA) is 52.0 Å². The lowest BCUT2D eigenvalue weighted by atomic mass is 9.95. The van der Waals surface area contributed by atoms with E-state index in [1.807, 2.05) is 0 Å². The Labute approximate surface area is 141 Å². The van der Waals surface area contributed by atoms with Crippen LogP contribution in [0.5, 0.6) is 0 Å². The number of benzene rings is 4. The van der Waals surface area contributed by atoms with Crippen molar-refractivity contribution in [3.63, 3.8) is 0 Å². The molecule has 0 spiro atoms. The van der Waals surface area contributed by atoms with E-state index in [4.69, 9.17) is 11.5 Å². The van der Waals surface area contributed by atoms with Gasteiger partial charge in [-0.1, -0.05) is 60.7 Å². The fraction of sp³-hybridized carbons (Fsp3) is 0.0909. The van der Waals surface area contributed by atoms with Crippen LogP contribution in [0.4, 0.5) is 0 Å². The Morgan fingerprint density at radius 2 is 1.00 bits per heavy atom. The molecule has 0 radical (unpaired) electrons. The molecule has 4 N–H and O–H groups in total. The second-order valence-electron chi connectivity index (χ2n) is 6.11. The molecule has 2 nitrogen and oxygen atoms in total. The number of hydrogen-bond acceptors (Lipinski definition) is 2. The van der Waals surface area contributed by atoms with Gasteiger partial charge in [-0.15, -0.1) is 0 Å². The minimum Gasteiger partial charge on any atom is -0.326 e. The summed E-state index contributed by atoms with van der Waals surface area (Å²) in [6.45, 7) is 1.10. The molecule has 0 fully saturated rings. The van der Waals surface area contributed by atoms with Crippen molar-refractivity contribution in [3.8, 4) is 11.1 Å². The molecule has 0 saturated carbocycles. The van der Waals surface area contributed by atoms with Gasteiger partial charge in [0.15, 0.2) is 0 Å². The minimum atomic E-state index is 0.551. The third-order valence-corrected chi connectivity index (χ3v) is 4.72. The highest BCUT2D eigenvalue weighted by Crippen LogP contribution is 2.30. The van der Waals surface area contributed by atoms with Crippen molar-refractivity contribution < 1.29 is 0 Å². The van der Waals surface area contributed by atoms with E-state index in [1.54, 1.807) is 0 Å². The fourth-order valence-electron chi connectivity index (χ4n) is 3.39. The molecule has 118 valence electrons. The van der Waals surface area contributed by atoms with Crippen LogP contribution in [-0.4, -0.2) is 0 Å².